The predicted molar refractivity (Wildman–Crippen MR) is 151 cm³/mol. The summed E-state index contributed by atoms with van der Waals surface area (Å²) in [6.07, 6.45) is 12.8. The highest BCUT2D eigenvalue weighted by Gasteiger charge is 2.39. The van der Waals surface area contributed by atoms with E-state index in [-0.39, 0.29) is 5.41 Å². The average molecular weight is 481 g/mol. The maximum absolute atomic E-state index is 6.65. The Morgan fingerprint density at radius 2 is 1.54 bits per heavy atom. The summed E-state index contributed by atoms with van der Waals surface area (Å²) in [6, 6.07) is 27.8. The van der Waals surface area contributed by atoms with Crippen molar-refractivity contribution >= 4 is 0 Å². The second-order valence-electron chi connectivity index (χ2n) is 10.5. The molecule has 0 fully saturated rings. The van der Waals surface area contributed by atoms with Crippen molar-refractivity contribution in [1.82, 2.24) is 0 Å². The van der Waals surface area contributed by atoms with Crippen LogP contribution in [0.2, 0.25) is 0 Å². The molecule has 37 heavy (non-hydrogen) atoms. The summed E-state index contributed by atoms with van der Waals surface area (Å²) in [5.41, 5.74) is 9.65. The Bertz CT molecular complexity index is 1650. The van der Waals surface area contributed by atoms with Crippen LogP contribution in [-0.2, 0) is 11.8 Å². The zero-order valence-corrected chi connectivity index (χ0v) is 21.1. The highest BCUT2D eigenvalue weighted by Crippen LogP contribution is 2.59. The Morgan fingerprint density at radius 1 is 0.730 bits per heavy atom. The summed E-state index contributed by atoms with van der Waals surface area (Å²) in [5.74, 6) is 3.11. The number of hydrogen-bond acceptors (Lipinski definition) is 2. The van der Waals surface area contributed by atoms with Crippen molar-refractivity contribution in [2.45, 2.75) is 32.1 Å². The first-order chi connectivity index (χ1) is 18.1. The molecule has 3 aliphatic rings. The number of para-hydroxylation sites is 1. The van der Waals surface area contributed by atoms with Gasteiger partial charge in [0.1, 0.15) is 0 Å². The van der Waals surface area contributed by atoms with Crippen molar-refractivity contribution in [2.75, 3.05) is 0 Å². The van der Waals surface area contributed by atoms with Gasteiger partial charge in [-0.1, -0.05) is 111 Å². The Kier molecular flexibility index (Phi) is 4.97. The summed E-state index contributed by atoms with van der Waals surface area (Å²) in [6.45, 7) is 4.56. The fourth-order valence-corrected chi connectivity index (χ4v) is 5.90. The van der Waals surface area contributed by atoms with E-state index in [1.165, 1.54) is 27.8 Å². The molecule has 0 saturated heterocycles. The molecule has 2 aliphatic carbocycles. The number of rotatable bonds is 3. The zero-order chi connectivity index (χ0) is 25.0. The van der Waals surface area contributed by atoms with E-state index in [9.17, 15) is 0 Å². The molecule has 1 heterocycles. The fraction of sp³-hybridized carbons (Fsp3) is 0.143. The van der Waals surface area contributed by atoms with Gasteiger partial charge >= 0.3 is 0 Å². The van der Waals surface area contributed by atoms with Crippen molar-refractivity contribution < 1.29 is 9.47 Å². The lowest BCUT2D eigenvalue weighted by Gasteiger charge is -2.26. The Balaban J connectivity index is 1.28. The van der Waals surface area contributed by atoms with Crippen LogP contribution in [0.5, 0.6) is 23.0 Å². The van der Waals surface area contributed by atoms with Gasteiger partial charge in [0, 0.05) is 16.5 Å². The number of allylic oxidation sites excluding steroid dienone is 6. The van der Waals surface area contributed by atoms with Gasteiger partial charge in [-0.25, -0.2) is 0 Å². The van der Waals surface area contributed by atoms with Gasteiger partial charge in [0.2, 0.25) is 0 Å². The first-order valence-corrected chi connectivity index (χ1v) is 13.0. The number of hydrogen-bond donors (Lipinski definition) is 0. The maximum Gasteiger partial charge on any atom is 0.178 e. The Morgan fingerprint density at radius 3 is 2.49 bits per heavy atom. The van der Waals surface area contributed by atoms with E-state index in [2.05, 4.69) is 117 Å². The van der Waals surface area contributed by atoms with Crippen molar-refractivity contribution in [3.05, 3.63) is 132 Å². The molecule has 4 aromatic carbocycles. The lowest BCUT2D eigenvalue weighted by molar-refractivity contribution is 0.361. The number of ether oxygens (including phenoxy) is 2. The molecule has 0 spiro atoms. The molecule has 7 rings (SSSR count). The van der Waals surface area contributed by atoms with Gasteiger partial charge in [0.05, 0.1) is 0 Å². The van der Waals surface area contributed by atoms with Crippen molar-refractivity contribution in [3.63, 3.8) is 0 Å². The molecule has 0 saturated carbocycles. The van der Waals surface area contributed by atoms with Crippen LogP contribution < -0.4 is 9.47 Å². The summed E-state index contributed by atoms with van der Waals surface area (Å²) < 4.78 is 13.3. The van der Waals surface area contributed by atoms with Crippen LogP contribution in [0.15, 0.2) is 115 Å². The quantitative estimate of drug-likeness (QED) is 0.256. The lowest BCUT2D eigenvalue weighted by Crippen LogP contribution is -2.15. The molecule has 180 valence electrons. The molecule has 0 bridgehead atoms. The van der Waals surface area contributed by atoms with Crippen LogP contribution in [0, 0.1) is 0 Å². The molecule has 2 nitrogen and oxygen atoms in total. The molecule has 4 aromatic rings. The van der Waals surface area contributed by atoms with E-state index in [0.717, 1.165) is 52.5 Å². The Labute approximate surface area is 218 Å². The van der Waals surface area contributed by atoms with Gasteiger partial charge in [-0.2, -0.15) is 0 Å². The van der Waals surface area contributed by atoms with Gasteiger partial charge < -0.3 is 9.47 Å². The SMILES string of the molecule is CC1(C)c2ccccc2-c2c1ccc1c2Oc2cccc(-c3cccc(CC4=CC=CCC=C4)c3)c2O1. The molecule has 0 unspecified atom stereocenters. The molecular weight excluding hydrogens is 452 g/mol. The van der Waals surface area contributed by atoms with E-state index in [4.69, 9.17) is 9.47 Å². The maximum atomic E-state index is 6.65. The summed E-state index contributed by atoms with van der Waals surface area (Å²) in [4.78, 5) is 0. The van der Waals surface area contributed by atoms with E-state index in [1.807, 2.05) is 6.07 Å². The van der Waals surface area contributed by atoms with Crippen LogP contribution in [0.3, 0.4) is 0 Å². The Hall–Kier alpha value is -4.30. The van der Waals surface area contributed by atoms with Crippen LogP contribution >= 0.6 is 0 Å². The van der Waals surface area contributed by atoms with Gasteiger partial charge in [-0.3, -0.25) is 0 Å². The third-order valence-corrected chi connectivity index (χ3v) is 7.76. The third kappa shape index (κ3) is 3.55. The largest absolute Gasteiger partial charge is 0.449 e. The summed E-state index contributed by atoms with van der Waals surface area (Å²) in [5, 5.41) is 0. The first-order valence-electron chi connectivity index (χ1n) is 13.0. The van der Waals surface area contributed by atoms with E-state index in [0.29, 0.717) is 0 Å². The van der Waals surface area contributed by atoms with Crippen molar-refractivity contribution in [2.24, 2.45) is 0 Å². The molecule has 0 N–H and O–H groups in total. The standard InChI is InChI=1S/C35H28O2/c1-35(2)28-17-8-7-15-27(28)32-29(35)19-20-31-34(32)37-30-18-10-16-26(33(30)36-31)25-14-9-13-24(22-25)21-23-11-5-3-4-6-12-23/h3,5-20,22H,4,21H2,1-2H3. The van der Waals surface area contributed by atoms with E-state index >= 15 is 0 Å². The van der Waals surface area contributed by atoms with Gasteiger partial charge in [-0.05, 0) is 58.4 Å². The molecule has 0 radical (unpaired) electrons. The normalized spacial score (nSPS) is 15.9. The van der Waals surface area contributed by atoms with Crippen LogP contribution in [0.4, 0.5) is 0 Å². The molecule has 0 amide bonds. The minimum Gasteiger partial charge on any atom is -0.449 e. The average Bonchev–Trinajstić information content (AvgIpc) is 3.06. The highest BCUT2D eigenvalue weighted by atomic mass is 16.6. The van der Waals surface area contributed by atoms with Crippen LogP contribution in [0.25, 0.3) is 22.3 Å². The fourth-order valence-electron chi connectivity index (χ4n) is 5.90. The van der Waals surface area contributed by atoms with Gasteiger partial charge in [0.25, 0.3) is 0 Å². The molecule has 1 aliphatic heterocycles. The first kappa shape index (κ1) is 21.9. The zero-order valence-electron chi connectivity index (χ0n) is 21.1. The summed E-state index contributed by atoms with van der Waals surface area (Å²) in [7, 11) is 0. The smallest absolute Gasteiger partial charge is 0.178 e. The van der Waals surface area contributed by atoms with Crippen molar-refractivity contribution in [3.8, 4) is 45.3 Å². The van der Waals surface area contributed by atoms with Gasteiger partial charge in [-0.15, -0.1) is 0 Å². The number of benzene rings is 4. The third-order valence-electron chi connectivity index (χ3n) is 7.76. The topological polar surface area (TPSA) is 18.5 Å². The monoisotopic (exact) mass is 480 g/mol. The molecular formula is C35H28O2. The lowest BCUT2D eigenvalue weighted by atomic mass is 9.82. The van der Waals surface area contributed by atoms with Crippen molar-refractivity contribution in [1.29, 1.82) is 0 Å². The minimum atomic E-state index is -0.0787. The van der Waals surface area contributed by atoms with Crippen LogP contribution in [-0.4, -0.2) is 0 Å². The molecule has 0 aromatic heterocycles. The minimum absolute atomic E-state index is 0.0787. The van der Waals surface area contributed by atoms with E-state index in [1.54, 1.807) is 0 Å². The second kappa shape index (κ2) is 8.38. The summed E-state index contributed by atoms with van der Waals surface area (Å²) >= 11 is 0. The molecule has 2 heteroatoms. The second-order valence-corrected chi connectivity index (χ2v) is 10.5. The molecule has 0 atom stereocenters. The van der Waals surface area contributed by atoms with Gasteiger partial charge in [0.15, 0.2) is 23.0 Å². The van der Waals surface area contributed by atoms with E-state index < -0.39 is 0 Å². The number of fused-ring (bicyclic) bond motifs is 6. The highest BCUT2D eigenvalue weighted by molar-refractivity contribution is 5.88. The predicted octanol–water partition coefficient (Wildman–Crippen LogP) is 9.54. The van der Waals surface area contributed by atoms with Crippen LogP contribution in [0.1, 0.15) is 37.0 Å².